The zero-order chi connectivity index (χ0) is 15.9. The van der Waals surface area contributed by atoms with Crippen molar-refractivity contribution in [1.82, 2.24) is 9.97 Å². The van der Waals surface area contributed by atoms with Crippen LogP contribution >= 0.6 is 23.2 Å². The highest BCUT2D eigenvalue weighted by atomic mass is 35.5. The Balaban J connectivity index is 2.25. The second-order valence-electron chi connectivity index (χ2n) is 4.62. The van der Waals surface area contributed by atoms with Gasteiger partial charge in [-0.3, -0.25) is 0 Å². The second-order valence-corrected chi connectivity index (χ2v) is 5.38. The average Bonchev–Trinajstić information content (AvgIpc) is 2.99. The number of hydrogen-bond acceptors (Lipinski definition) is 4. The van der Waals surface area contributed by atoms with Crippen molar-refractivity contribution in [3.8, 4) is 11.3 Å². The monoisotopic (exact) mass is 335 g/mol. The lowest BCUT2D eigenvalue weighted by atomic mass is 10.1. The summed E-state index contributed by atoms with van der Waals surface area (Å²) in [5.74, 6) is -0.671. The Bertz CT molecular complexity index is 890. The molecule has 0 amide bonds. The first-order valence-electron chi connectivity index (χ1n) is 6.33. The Morgan fingerprint density at radius 2 is 2.05 bits per heavy atom. The summed E-state index contributed by atoms with van der Waals surface area (Å²) in [6.45, 7) is 0. The van der Waals surface area contributed by atoms with Gasteiger partial charge in [0.2, 0.25) is 0 Å². The third kappa shape index (κ3) is 2.28. The topological polar surface area (TPSA) is 81.0 Å². The molecule has 0 bridgehead atoms. The van der Waals surface area contributed by atoms with Crippen LogP contribution in [0.3, 0.4) is 0 Å². The smallest absolute Gasteiger partial charge is 0.358 e. The summed E-state index contributed by atoms with van der Waals surface area (Å²) in [5, 5.41) is 1.24. The Hall–Kier alpha value is -2.24. The number of aromatic nitrogens is 2. The number of methoxy groups -OCH3 is 1. The number of nitrogens with two attached hydrogens (primary N) is 1. The van der Waals surface area contributed by atoms with Gasteiger partial charge in [0.05, 0.1) is 28.5 Å². The largest absolute Gasteiger partial charge is 0.464 e. The quantitative estimate of drug-likeness (QED) is 0.696. The van der Waals surface area contributed by atoms with E-state index < -0.39 is 5.97 Å². The summed E-state index contributed by atoms with van der Waals surface area (Å²) in [6, 6.07) is 7.59. The summed E-state index contributed by atoms with van der Waals surface area (Å²) >= 11 is 12.3. The van der Waals surface area contributed by atoms with Crippen molar-refractivity contribution >= 4 is 45.8 Å². The lowest BCUT2D eigenvalue weighted by Gasteiger charge is -2.11. The average molecular weight is 336 g/mol. The van der Waals surface area contributed by atoms with Crippen molar-refractivity contribution in [2.45, 2.75) is 0 Å². The van der Waals surface area contributed by atoms with Crippen LogP contribution in [-0.4, -0.2) is 23.0 Å². The number of carbonyl (C=O) groups excluding carboxylic acids is 1. The van der Waals surface area contributed by atoms with E-state index in [0.29, 0.717) is 11.3 Å². The number of nitrogens with one attached hydrogen (secondary N) is 1. The van der Waals surface area contributed by atoms with Gasteiger partial charge >= 0.3 is 5.97 Å². The number of carbonyl (C=O) groups is 1. The summed E-state index contributed by atoms with van der Waals surface area (Å²) in [5.41, 5.74) is 7.93. The van der Waals surface area contributed by atoms with Gasteiger partial charge in [-0.2, -0.15) is 0 Å². The number of anilines is 1. The maximum atomic E-state index is 11.8. The lowest BCUT2D eigenvalue weighted by molar-refractivity contribution is 0.0594. The summed E-state index contributed by atoms with van der Waals surface area (Å²) < 4.78 is 4.67. The molecule has 112 valence electrons. The van der Waals surface area contributed by atoms with Crippen molar-refractivity contribution in [1.29, 1.82) is 0 Å². The SMILES string of the molecule is COC(=O)c1nc(-c2ccc3cc[nH]c3c2)c(Cl)c(N)c1Cl. The van der Waals surface area contributed by atoms with E-state index >= 15 is 0 Å². The number of aromatic amines is 1. The Labute approximate surface area is 136 Å². The van der Waals surface area contributed by atoms with Gasteiger partial charge in [0.15, 0.2) is 5.69 Å². The van der Waals surface area contributed by atoms with Gasteiger partial charge in [-0.25, -0.2) is 9.78 Å². The molecule has 2 aromatic heterocycles. The van der Waals surface area contributed by atoms with E-state index in [1.807, 2.05) is 30.5 Å². The first kappa shape index (κ1) is 14.7. The number of nitrogens with zero attached hydrogens (tertiary/aromatic N) is 1. The van der Waals surface area contributed by atoms with Crippen molar-refractivity contribution < 1.29 is 9.53 Å². The van der Waals surface area contributed by atoms with Crippen molar-refractivity contribution in [3.63, 3.8) is 0 Å². The molecule has 5 nitrogen and oxygen atoms in total. The number of rotatable bonds is 2. The molecule has 0 aliphatic heterocycles. The number of benzene rings is 1. The van der Waals surface area contributed by atoms with Gasteiger partial charge in [0.1, 0.15) is 0 Å². The van der Waals surface area contributed by atoms with Crippen LogP contribution in [0.4, 0.5) is 5.69 Å². The van der Waals surface area contributed by atoms with Gasteiger partial charge in [0, 0.05) is 17.3 Å². The van der Waals surface area contributed by atoms with E-state index in [2.05, 4.69) is 14.7 Å². The molecule has 7 heteroatoms. The van der Waals surface area contributed by atoms with E-state index in [9.17, 15) is 4.79 Å². The van der Waals surface area contributed by atoms with Crippen LogP contribution < -0.4 is 5.73 Å². The number of esters is 1. The minimum absolute atomic E-state index is 0.0125. The summed E-state index contributed by atoms with van der Waals surface area (Å²) in [4.78, 5) is 19.1. The van der Waals surface area contributed by atoms with Crippen LogP contribution in [0.15, 0.2) is 30.5 Å². The maximum Gasteiger partial charge on any atom is 0.358 e. The van der Waals surface area contributed by atoms with Gasteiger partial charge in [0.25, 0.3) is 0 Å². The second kappa shape index (κ2) is 5.51. The Morgan fingerprint density at radius 3 is 2.77 bits per heavy atom. The number of H-pyrrole nitrogens is 1. The van der Waals surface area contributed by atoms with Crippen LogP contribution in [0, 0.1) is 0 Å². The molecule has 0 unspecified atom stereocenters. The van der Waals surface area contributed by atoms with Gasteiger partial charge in [-0.1, -0.05) is 35.3 Å². The van der Waals surface area contributed by atoms with Crippen LogP contribution in [0.25, 0.3) is 22.2 Å². The number of fused-ring (bicyclic) bond motifs is 1. The molecule has 0 spiro atoms. The third-order valence-electron chi connectivity index (χ3n) is 3.32. The van der Waals surface area contributed by atoms with Crippen LogP contribution in [0.1, 0.15) is 10.5 Å². The Morgan fingerprint density at radius 1 is 1.27 bits per heavy atom. The molecule has 22 heavy (non-hydrogen) atoms. The molecule has 2 heterocycles. The fourth-order valence-corrected chi connectivity index (χ4v) is 2.69. The molecule has 0 fully saturated rings. The minimum atomic E-state index is -0.671. The highest BCUT2D eigenvalue weighted by molar-refractivity contribution is 6.41. The molecule has 1 aromatic carbocycles. The highest BCUT2D eigenvalue weighted by Crippen LogP contribution is 2.37. The third-order valence-corrected chi connectivity index (χ3v) is 4.08. The maximum absolute atomic E-state index is 11.8. The molecular formula is C15H11Cl2N3O2. The van der Waals surface area contributed by atoms with Crippen molar-refractivity contribution in [2.75, 3.05) is 12.8 Å². The molecule has 0 atom stereocenters. The summed E-state index contributed by atoms with van der Waals surface area (Å²) in [7, 11) is 1.25. The van der Waals surface area contributed by atoms with Crippen LogP contribution in [0.2, 0.25) is 10.0 Å². The van der Waals surface area contributed by atoms with E-state index in [1.54, 1.807) is 0 Å². The van der Waals surface area contributed by atoms with E-state index in [4.69, 9.17) is 28.9 Å². The van der Waals surface area contributed by atoms with Gasteiger partial charge in [-0.05, 0) is 17.5 Å². The number of nitrogen functional groups attached to an aromatic ring is 1. The predicted molar refractivity (Wildman–Crippen MR) is 87.3 cm³/mol. The molecule has 3 rings (SSSR count). The summed E-state index contributed by atoms with van der Waals surface area (Å²) in [6.07, 6.45) is 1.83. The van der Waals surface area contributed by atoms with Gasteiger partial charge in [-0.15, -0.1) is 0 Å². The highest BCUT2D eigenvalue weighted by Gasteiger charge is 2.21. The number of pyridine rings is 1. The zero-order valence-corrected chi connectivity index (χ0v) is 13.0. The molecule has 0 saturated heterocycles. The van der Waals surface area contributed by atoms with E-state index in [0.717, 1.165) is 10.9 Å². The number of hydrogen-bond donors (Lipinski definition) is 2. The minimum Gasteiger partial charge on any atom is -0.464 e. The predicted octanol–water partition coefficient (Wildman–Crippen LogP) is 3.91. The molecule has 0 saturated carbocycles. The van der Waals surface area contributed by atoms with Crippen molar-refractivity contribution in [3.05, 3.63) is 46.2 Å². The van der Waals surface area contributed by atoms with Crippen LogP contribution in [-0.2, 0) is 4.74 Å². The van der Waals surface area contributed by atoms with Gasteiger partial charge < -0.3 is 15.5 Å². The zero-order valence-electron chi connectivity index (χ0n) is 11.5. The van der Waals surface area contributed by atoms with Crippen LogP contribution in [0.5, 0.6) is 0 Å². The molecular weight excluding hydrogens is 325 g/mol. The molecule has 3 aromatic rings. The fourth-order valence-electron chi connectivity index (χ4n) is 2.18. The Kier molecular flexibility index (Phi) is 3.68. The number of halogens is 2. The molecule has 3 N–H and O–H groups in total. The molecule has 0 aliphatic carbocycles. The fraction of sp³-hybridized carbons (Fsp3) is 0.0667. The standard InChI is InChI=1S/C15H11Cl2N3O2/c1-22-15(21)14-11(17)12(18)10(16)13(20-14)8-3-2-7-4-5-19-9(7)6-8/h2-6,19H,1H3,(H2,18,20). The molecule has 0 radical (unpaired) electrons. The number of ether oxygens (including phenoxy) is 1. The first-order chi connectivity index (χ1) is 10.5. The lowest BCUT2D eigenvalue weighted by Crippen LogP contribution is -2.08. The van der Waals surface area contributed by atoms with E-state index in [1.165, 1.54) is 7.11 Å². The molecule has 0 aliphatic rings. The first-order valence-corrected chi connectivity index (χ1v) is 7.08. The van der Waals surface area contributed by atoms with E-state index in [-0.39, 0.29) is 21.4 Å². The van der Waals surface area contributed by atoms with Crippen molar-refractivity contribution in [2.24, 2.45) is 0 Å². The normalized spacial score (nSPS) is 10.9.